The quantitative estimate of drug-likeness (QED) is 0.403. The van der Waals surface area contributed by atoms with Crippen LogP contribution in [0.3, 0.4) is 0 Å². The Balaban J connectivity index is 0.00000122. The molecule has 0 atom stereocenters. The van der Waals surface area contributed by atoms with Crippen molar-refractivity contribution in [3.63, 3.8) is 0 Å². The Kier molecular flexibility index (Phi) is 26.8. The molecule has 126 valence electrons. The standard InChI is InChI=1S/C12H24S6.Cl2Ge/c1-2-14-5-6-16-9-10-18-12-11-17-8-7-15-4-3-13-1;1-3-2/h1-12H2;. The second kappa shape index (κ2) is 23.2. The van der Waals surface area contributed by atoms with E-state index in [2.05, 4.69) is 70.6 Å². The monoisotopic (exact) mass is 504 g/mol. The Morgan fingerprint density at radius 2 is 0.476 bits per heavy atom. The van der Waals surface area contributed by atoms with Gasteiger partial charge in [0.05, 0.1) is 0 Å². The van der Waals surface area contributed by atoms with Gasteiger partial charge in [0.2, 0.25) is 0 Å². The molecule has 1 aliphatic heterocycles. The van der Waals surface area contributed by atoms with Gasteiger partial charge in [-0.1, -0.05) is 0 Å². The van der Waals surface area contributed by atoms with Gasteiger partial charge in [0.1, 0.15) is 0 Å². The molecule has 0 spiro atoms. The van der Waals surface area contributed by atoms with Crippen molar-refractivity contribution in [2.24, 2.45) is 0 Å². The van der Waals surface area contributed by atoms with E-state index in [1.54, 1.807) is 0 Å². The molecule has 0 unspecified atom stereocenters. The topological polar surface area (TPSA) is 0 Å². The van der Waals surface area contributed by atoms with Gasteiger partial charge >= 0.3 is 33.6 Å². The molecular formula is C12H24Cl2GeS6. The van der Waals surface area contributed by atoms with E-state index in [0.717, 1.165) is 0 Å². The van der Waals surface area contributed by atoms with E-state index in [1.807, 2.05) is 0 Å². The molecule has 0 N–H and O–H groups in total. The van der Waals surface area contributed by atoms with E-state index in [4.69, 9.17) is 20.0 Å². The van der Waals surface area contributed by atoms with Gasteiger partial charge in [-0.2, -0.15) is 70.6 Å². The van der Waals surface area contributed by atoms with Crippen molar-refractivity contribution in [2.45, 2.75) is 0 Å². The van der Waals surface area contributed by atoms with Crippen LogP contribution < -0.4 is 0 Å². The van der Waals surface area contributed by atoms with Crippen LogP contribution in [0.15, 0.2) is 0 Å². The van der Waals surface area contributed by atoms with Gasteiger partial charge in [0, 0.05) is 69.0 Å². The average molecular weight is 504 g/mol. The summed E-state index contributed by atoms with van der Waals surface area (Å²) in [6.45, 7) is 0. The zero-order chi connectivity index (χ0) is 15.4. The van der Waals surface area contributed by atoms with Crippen LogP contribution in [0.1, 0.15) is 0 Å². The predicted octanol–water partition coefficient (Wildman–Crippen LogP) is 5.40. The van der Waals surface area contributed by atoms with E-state index in [0.29, 0.717) is 0 Å². The Morgan fingerprint density at radius 3 is 0.571 bits per heavy atom. The van der Waals surface area contributed by atoms with Crippen LogP contribution in [-0.4, -0.2) is 82.6 Å². The first-order valence-electron chi connectivity index (χ1n) is 6.84. The molecule has 2 radical (unpaired) electrons. The van der Waals surface area contributed by atoms with Gasteiger partial charge in [0.25, 0.3) is 0 Å². The third-order valence-corrected chi connectivity index (χ3v) is 9.70. The molecule has 1 heterocycles. The van der Waals surface area contributed by atoms with Gasteiger partial charge in [-0.3, -0.25) is 0 Å². The molecule has 0 nitrogen and oxygen atoms in total. The van der Waals surface area contributed by atoms with Crippen LogP contribution in [0.2, 0.25) is 0 Å². The molecule has 9 heteroatoms. The van der Waals surface area contributed by atoms with Gasteiger partial charge in [-0.15, -0.1) is 0 Å². The second-order valence-corrected chi connectivity index (χ2v) is 14.4. The van der Waals surface area contributed by atoms with Gasteiger partial charge in [-0.05, 0) is 0 Å². The van der Waals surface area contributed by atoms with Crippen LogP contribution in [0.4, 0.5) is 0 Å². The Bertz CT molecular complexity index is 118. The van der Waals surface area contributed by atoms with Crippen molar-refractivity contribution in [2.75, 3.05) is 69.0 Å². The normalized spacial score (nSPS) is 21.4. The van der Waals surface area contributed by atoms with Crippen molar-refractivity contribution in [3.8, 4) is 0 Å². The van der Waals surface area contributed by atoms with Gasteiger partial charge in [-0.25, -0.2) is 0 Å². The summed E-state index contributed by atoms with van der Waals surface area (Å²) in [5.74, 6) is 16.2. The van der Waals surface area contributed by atoms with E-state index >= 15 is 0 Å². The zero-order valence-corrected chi connectivity index (χ0v) is 20.7. The fourth-order valence-electron chi connectivity index (χ4n) is 1.32. The molecular weight excluding hydrogens is 480 g/mol. The number of hydrogen-bond donors (Lipinski definition) is 0. The molecule has 0 aromatic heterocycles. The predicted molar refractivity (Wildman–Crippen MR) is 121 cm³/mol. The molecule has 0 amide bonds. The summed E-state index contributed by atoms with van der Waals surface area (Å²) in [7, 11) is 9.78. The molecule has 1 rings (SSSR count). The maximum absolute atomic E-state index is 4.89. The summed E-state index contributed by atoms with van der Waals surface area (Å²) in [6.07, 6.45) is 0. The number of hydrogen-bond acceptors (Lipinski definition) is 6. The SMILES string of the molecule is C1CSCCSCCSCCSCCSCCS1.[Cl][Ge][Cl]. The number of halogens is 2. The van der Waals surface area contributed by atoms with E-state index in [-0.39, 0.29) is 0 Å². The van der Waals surface area contributed by atoms with Crippen LogP contribution >= 0.6 is 90.6 Å². The summed E-state index contributed by atoms with van der Waals surface area (Å²) in [5, 5.41) is 0. The Labute approximate surface area is 171 Å². The van der Waals surface area contributed by atoms with Crippen LogP contribution in [0.25, 0.3) is 0 Å². The van der Waals surface area contributed by atoms with Crippen molar-refractivity contribution in [1.82, 2.24) is 0 Å². The van der Waals surface area contributed by atoms with Gasteiger partial charge in [0.15, 0.2) is 0 Å². The van der Waals surface area contributed by atoms with Crippen LogP contribution in [0.5, 0.6) is 0 Å². The average Bonchev–Trinajstić information content (AvgIpc) is 2.48. The van der Waals surface area contributed by atoms with Crippen molar-refractivity contribution < 1.29 is 0 Å². The molecule has 0 aromatic rings. The van der Waals surface area contributed by atoms with Crippen molar-refractivity contribution in [3.05, 3.63) is 0 Å². The minimum atomic E-state index is -0.556. The molecule has 1 fully saturated rings. The van der Waals surface area contributed by atoms with Crippen molar-refractivity contribution >= 4 is 104 Å². The first-order valence-corrected chi connectivity index (χ1v) is 19.3. The maximum atomic E-state index is 4.89. The summed E-state index contributed by atoms with van der Waals surface area (Å²) in [5.41, 5.74) is 0. The minimum absolute atomic E-state index is 0.556. The summed E-state index contributed by atoms with van der Waals surface area (Å²) in [4.78, 5) is 0. The summed E-state index contributed by atoms with van der Waals surface area (Å²) < 4.78 is 0. The second-order valence-electron chi connectivity index (χ2n) is 3.75. The fraction of sp³-hybridized carbons (Fsp3) is 1.00. The summed E-state index contributed by atoms with van der Waals surface area (Å²) in [6, 6.07) is 0. The molecule has 0 saturated carbocycles. The van der Waals surface area contributed by atoms with Crippen molar-refractivity contribution in [1.29, 1.82) is 0 Å². The van der Waals surface area contributed by atoms with E-state index in [1.165, 1.54) is 69.0 Å². The first-order chi connectivity index (χ1) is 10.4. The van der Waals surface area contributed by atoms with E-state index in [9.17, 15) is 0 Å². The third kappa shape index (κ3) is 23.2. The third-order valence-electron chi connectivity index (χ3n) is 2.23. The molecule has 1 aliphatic rings. The van der Waals surface area contributed by atoms with Crippen LogP contribution in [-0.2, 0) is 0 Å². The number of rotatable bonds is 0. The Hall–Kier alpha value is 3.22. The molecule has 1 saturated heterocycles. The first kappa shape index (κ1) is 24.2. The summed E-state index contributed by atoms with van der Waals surface area (Å²) >= 11 is 12.3. The number of thioether (sulfide) groups is 6. The zero-order valence-electron chi connectivity index (χ0n) is 12.2. The Morgan fingerprint density at radius 1 is 0.381 bits per heavy atom. The van der Waals surface area contributed by atoms with E-state index < -0.39 is 13.6 Å². The molecule has 0 aliphatic carbocycles. The molecule has 0 aromatic carbocycles. The van der Waals surface area contributed by atoms with Gasteiger partial charge < -0.3 is 0 Å². The van der Waals surface area contributed by atoms with Crippen LogP contribution in [0, 0.1) is 0 Å². The molecule has 21 heavy (non-hydrogen) atoms. The fourth-order valence-corrected chi connectivity index (χ4v) is 8.20. The molecule has 0 bridgehead atoms.